The van der Waals surface area contributed by atoms with Crippen LogP contribution in [0.15, 0.2) is 0 Å². The largest absolute Gasteiger partial charge is 0.465 e. The summed E-state index contributed by atoms with van der Waals surface area (Å²) >= 11 is -0.785. The Morgan fingerprint density at radius 2 is 1.50 bits per heavy atom. The van der Waals surface area contributed by atoms with Crippen LogP contribution in [0.5, 0.6) is 0 Å². The predicted molar refractivity (Wildman–Crippen MR) is 23.9 cm³/mol. The molecule has 0 fully saturated rings. The average molecular weight is 181 g/mol. The highest BCUT2D eigenvalue weighted by atomic mass is 32.1. The van der Waals surface area contributed by atoms with Crippen molar-refractivity contribution >= 4 is 11.7 Å². The lowest BCUT2D eigenvalue weighted by molar-refractivity contribution is -0.271. The van der Waals surface area contributed by atoms with Crippen molar-refractivity contribution in [2.75, 3.05) is 5.75 Å². The highest BCUT2D eigenvalue weighted by Crippen LogP contribution is 2.34. The molecule has 7 heteroatoms. The molecule has 0 N–H and O–H groups in total. The van der Waals surface area contributed by atoms with E-state index < -0.39 is 29.5 Å². The van der Waals surface area contributed by atoms with Crippen molar-refractivity contribution < 1.29 is 26.2 Å². The summed E-state index contributed by atoms with van der Waals surface area (Å²) < 4.78 is 65.9. The Bertz CT molecular complexity index is 129. The Labute approximate surface area is 56.7 Å². The van der Waals surface area contributed by atoms with Crippen LogP contribution in [0.3, 0.4) is 0 Å². The van der Waals surface area contributed by atoms with E-state index in [-0.39, 0.29) is 0 Å². The monoisotopic (exact) mass is 181 g/mol. The minimum Gasteiger partial charge on any atom is -0.190 e. The first-order valence-electron chi connectivity index (χ1n) is 2.00. The highest BCUT2D eigenvalue weighted by Gasteiger charge is 2.61. The van der Waals surface area contributed by atoms with E-state index in [0.717, 1.165) is 0 Å². The maximum absolute atomic E-state index is 11.6. The van der Waals surface area contributed by atoms with E-state index in [0.29, 0.717) is 0 Å². The van der Waals surface area contributed by atoms with Gasteiger partial charge in [-0.1, -0.05) is 0 Å². The van der Waals surface area contributed by atoms with Crippen LogP contribution in [-0.4, -0.2) is 17.9 Å². The maximum Gasteiger partial charge on any atom is 0.465 e. The molecule has 0 aromatic rings. The van der Waals surface area contributed by atoms with Gasteiger partial charge < -0.3 is 0 Å². The van der Waals surface area contributed by atoms with Gasteiger partial charge in [0.1, 0.15) is 0 Å². The smallest absolute Gasteiger partial charge is 0.190 e. The maximum atomic E-state index is 11.6. The minimum absolute atomic E-state index is 0.785. The van der Waals surface area contributed by atoms with Crippen LogP contribution in [0.25, 0.3) is 0 Å². The Kier molecular flexibility index (Phi) is 2.64. The zero-order valence-electron chi connectivity index (χ0n) is 4.41. The molecule has 0 aliphatic heterocycles. The SMILES string of the molecule is O=[S+]CC(F)(F)C(F)(F)F. The van der Waals surface area contributed by atoms with Gasteiger partial charge in [0, 0.05) is 4.21 Å². The summed E-state index contributed by atoms with van der Waals surface area (Å²) in [5, 5.41) is 0. The van der Waals surface area contributed by atoms with Crippen molar-refractivity contribution in [3.05, 3.63) is 0 Å². The zero-order valence-corrected chi connectivity index (χ0v) is 5.23. The van der Waals surface area contributed by atoms with Crippen molar-refractivity contribution in [2.45, 2.75) is 12.1 Å². The van der Waals surface area contributed by atoms with Crippen LogP contribution in [0.4, 0.5) is 22.0 Å². The normalized spacial score (nSPS) is 13.3. The number of rotatable bonds is 2. The van der Waals surface area contributed by atoms with E-state index in [1.54, 1.807) is 0 Å². The molecule has 0 spiro atoms. The van der Waals surface area contributed by atoms with E-state index in [4.69, 9.17) is 0 Å². The summed E-state index contributed by atoms with van der Waals surface area (Å²) in [6.45, 7) is 0. The number of hydrogen-bond acceptors (Lipinski definition) is 1. The van der Waals surface area contributed by atoms with E-state index in [2.05, 4.69) is 0 Å². The summed E-state index contributed by atoms with van der Waals surface area (Å²) in [6, 6.07) is 0. The van der Waals surface area contributed by atoms with E-state index >= 15 is 0 Å². The third-order valence-electron chi connectivity index (χ3n) is 0.655. The molecule has 0 unspecified atom stereocenters. The molecular formula is C3H2F5OS+. The van der Waals surface area contributed by atoms with Gasteiger partial charge in [-0.3, -0.25) is 0 Å². The van der Waals surface area contributed by atoms with Gasteiger partial charge in [-0.15, -0.1) is 0 Å². The quantitative estimate of drug-likeness (QED) is 0.467. The second kappa shape index (κ2) is 2.73. The van der Waals surface area contributed by atoms with Gasteiger partial charge in [-0.25, -0.2) is 0 Å². The molecule has 0 radical (unpaired) electrons. The number of hydrogen-bond donors (Lipinski definition) is 0. The Morgan fingerprint density at radius 3 is 1.60 bits per heavy atom. The van der Waals surface area contributed by atoms with Crippen LogP contribution in [0.1, 0.15) is 0 Å². The molecule has 0 saturated heterocycles. The molecule has 0 aromatic heterocycles. The molecule has 0 bridgehead atoms. The van der Waals surface area contributed by atoms with E-state index in [1.807, 2.05) is 0 Å². The van der Waals surface area contributed by atoms with Crippen LogP contribution >= 0.6 is 0 Å². The minimum atomic E-state index is -5.61. The van der Waals surface area contributed by atoms with E-state index in [9.17, 15) is 26.2 Å². The molecule has 10 heavy (non-hydrogen) atoms. The third-order valence-corrected chi connectivity index (χ3v) is 1.14. The second-order valence-electron chi connectivity index (χ2n) is 1.46. The molecular weight excluding hydrogens is 179 g/mol. The number of halogens is 5. The Morgan fingerprint density at radius 1 is 1.10 bits per heavy atom. The van der Waals surface area contributed by atoms with Crippen LogP contribution in [0, 0.1) is 0 Å². The zero-order chi connectivity index (χ0) is 8.41. The summed E-state index contributed by atoms with van der Waals surface area (Å²) in [7, 11) is 0. The molecule has 1 nitrogen and oxygen atoms in total. The molecule has 0 rings (SSSR count). The third kappa shape index (κ3) is 2.13. The standard InChI is InChI=1S/C3H2F5OS/c4-2(5,1-10-9)3(6,7)8/h1H2/q+1. The first kappa shape index (κ1) is 9.67. The topological polar surface area (TPSA) is 17.1 Å². The second-order valence-corrected chi connectivity index (χ2v) is 1.99. The highest BCUT2D eigenvalue weighted by molar-refractivity contribution is 7.65. The molecule has 0 aliphatic rings. The molecule has 0 aromatic carbocycles. The number of alkyl halides is 5. The summed E-state index contributed by atoms with van der Waals surface area (Å²) in [5.41, 5.74) is 0. The molecule has 60 valence electrons. The van der Waals surface area contributed by atoms with Crippen LogP contribution in [0.2, 0.25) is 0 Å². The van der Waals surface area contributed by atoms with Gasteiger partial charge >= 0.3 is 23.8 Å². The van der Waals surface area contributed by atoms with Gasteiger partial charge in [0.15, 0.2) is 0 Å². The fraction of sp³-hybridized carbons (Fsp3) is 1.00. The Hall–Kier alpha value is -0.330. The fourth-order valence-corrected chi connectivity index (χ4v) is 0.468. The Balaban J connectivity index is 4.23. The van der Waals surface area contributed by atoms with Crippen molar-refractivity contribution in [1.29, 1.82) is 0 Å². The molecule has 0 amide bonds. The van der Waals surface area contributed by atoms with Crippen LogP contribution < -0.4 is 0 Å². The van der Waals surface area contributed by atoms with Crippen LogP contribution in [-0.2, 0) is 15.9 Å². The molecule has 0 heterocycles. The van der Waals surface area contributed by atoms with E-state index in [1.165, 1.54) is 0 Å². The predicted octanol–water partition coefficient (Wildman–Crippen LogP) is 1.61. The lowest BCUT2D eigenvalue weighted by Gasteiger charge is -2.11. The average Bonchev–Trinajstić information content (AvgIpc) is 1.61. The van der Waals surface area contributed by atoms with Crippen molar-refractivity contribution in [3.8, 4) is 0 Å². The van der Waals surface area contributed by atoms with Gasteiger partial charge in [0.05, 0.1) is 0 Å². The van der Waals surface area contributed by atoms with Gasteiger partial charge in [-0.2, -0.15) is 22.0 Å². The van der Waals surface area contributed by atoms with Gasteiger partial charge in [0.25, 0.3) is 5.75 Å². The molecule has 0 atom stereocenters. The molecule has 0 aliphatic carbocycles. The van der Waals surface area contributed by atoms with Gasteiger partial charge in [-0.05, 0) is 0 Å². The van der Waals surface area contributed by atoms with Crippen molar-refractivity contribution in [2.24, 2.45) is 0 Å². The first-order chi connectivity index (χ1) is 4.31. The van der Waals surface area contributed by atoms with Crippen molar-refractivity contribution in [3.63, 3.8) is 0 Å². The summed E-state index contributed by atoms with van der Waals surface area (Å²) in [5.74, 6) is -6.63. The lowest BCUT2D eigenvalue weighted by atomic mass is 10.4. The van der Waals surface area contributed by atoms with Gasteiger partial charge in [0.2, 0.25) is 0 Å². The summed E-state index contributed by atoms with van der Waals surface area (Å²) in [6.07, 6.45) is -5.61. The molecule has 0 saturated carbocycles. The first-order valence-corrected chi connectivity index (χ1v) is 2.91. The summed E-state index contributed by atoms with van der Waals surface area (Å²) in [4.78, 5) is 0. The lowest BCUT2D eigenvalue weighted by Crippen LogP contribution is -2.39. The van der Waals surface area contributed by atoms with Crippen molar-refractivity contribution in [1.82, 2.24) is 0 Å². The fourth-order valence-electron chi connectivity index (χ4n) is 0.156.